The molecule has 0 saturated heterocycles. The number of hydrogen-bond donors (Lipinski definition) is 1. The molecule has 1 aliphatic rings. The topological polar surface area (TPSA) is 68.3 Å². The van der Waals surface area contributed by atoms with Crippen LogP contribution in [0.3, 0.4) is 0 Å². The Bertz CT molecular complexity index is 1080. The van der Waals surface area contributed by atoms with Crippen molar-refractivity contribution in [2.24, 2.45) is 0 Å². The average Bonchev–Trinajstić information content (AvgIpc) is 3.09. The van der Waals surface area contributed by atoms with Crippen molar-refractivity contribution in [3.8, 4) is 11.1 Å². The third kappa shape index (κ3) is 3.85. The van der Waals surface area contributed by atoms with Crippen LogP contribution in [0.25, 0.3) is 17.2 Å². The van der Waals surface area contributed by atoms with E-state index in [4.69, 9.17) is 4.74 Å². The number of benzene rings is 2. The number of hydrogen-bond acceptors (Lipinski definition) is 4. The number of alkyl carbamates (subject to hydrolysis) is 1. The first-order valence-electron chi connectivity index (χ1n) is 9.54. The fourth-order valence-electron chi connectivity index (χ4n) is 3.70. The van der Waals surface area contributed by atoms with Crippen molar-refractivity contribution >= 4 is 18.5 Å². The third-order valence-electron chi connectivity index (χ3n) is 5.10. The Morgan fingerprint density at radius 2 is 1.73 bits per heavy atom. The third-order valence-corrected chi connectivity index (χ3v) is 5.10. The number of amides is 1. The van der Waals surface area contributed by atoms with Crippen LogP contribution < -0.4 is 5.32 Å². The number of nitrogens with zero attached hydrogens (tertiary/aromatic N) is 1. The number of ether oxygens (including phenoxy) is 1. The van der Waals surface area contributed by atoms with E-state index in [-0.39, 0.29) is 24.6 Å². The van der Waals surface area contributed by atoms with Crippen LogP contribution in [0.5, 0.6) is 0 Å². The Hall–Kier alpha value is -3.80. The molecule has 30 heavy (non-hydrogen) atoms. The second-order valence-electron chi connectivity index (χ2n) is 6.83. The molecule has 0 aliphatic heterocycles. The van der Waals surface area contributed by atoms with Gasteiger partial charge in [-0.2, -0.15) is 4.39 Å². The highest BCUT2D eigenvalue weighted by molar-refractivity contribution is 5.81. The molecule has 4 rings (SSSR count). The van der Waals surface area contributed by atoms with E-state index >= 15 is 0 Å². The summed E-state index contributed by atoms with van der Waals surface area (Å²) in [4.78, 5) is 26.5. The van der Waals surface area contributed by atoms with Gasteiger partial charge in [0.1, 0.15) is 6.61 Å². The molecular formula is C24H19FN2O3. The number of pyridine rings is 1. The zero-order valence-corrected chi connectivity index (χ0v) is 16.0. The van der Waals surface area contributed by atoms with Crippen LogP contribution >= 0.6 is 0 Å². The van der Waals surface area contributed by atoms with Crippen LogP contribution in [-0.2, 0) is 4.74 Å². The summed E-state index contributed by atoms with van der Waals surface area (Å²) < 4.78 is 18.9. The van der Waals surface area contributed by atoms with Crippen LogP contribution in [-0.4, -0.2) is 30.5 Å². The van der Waals surface area contributed by atoms with E-state index in [9.17, 15) is 14.0 Å². The van der Waals surface area contributed by atoms with Gasteiger partial charge in [-0.05, 0) is 33.9 Å². The van der Waals surface area contributed by atoms with Gasteiger partial charge >= 0.3 is 6.09 Å². The lowest BCUT2D eigenvalue weighted by molar-refractivity contribution is 0.111. The van der Waals surface area contributed by atoms with Crippen molar-refractivity contribution in [2.45, 2.75) is 5.92 Å². The van der Waals surface area contributed by atoms with E-state index in [1.165, 1.54) is 23.4 Å². The average molecular weight is 402 g/mol. The lowest BCUT2D eigenvalue weighted by Crippen LogP contribution is -2.26. The van der Waals surface area contributed by atoms with Gasteiger partial charge in [-0.3, -0.25) is 4.79 Å². The van der Waals surface area contributed by atoms with Crippen molar-refractivity contribution in [1.29, 1.82) is 0 Å². The highest BCUT2D eigenvalue weighted by Crippen LogP contribution is 2.44. The molecule has 1 aromatic heterocycles. The second-order valence-corrected chi connectivity index (χ2v) is 6.83. The molecule has 1 heterocycles. The van der Waals surface area contributed by atoms with Crippen molar-refractivity contribution in [3.63, 3.8) is 0 Å². The Morgan fingerprint density at radius 3 is 2.40 bits per heavy atom. The zero-order valence-electron chi connectivity index (χ0n) is 16.0. The molecule has 3 aromatic rings. The van der Waals surface area contributed by atoms with E-state index in [1.54, 1.807) is 12.2 Å². The standard InChI is InChI=1S/C24H19FN2O3/c25-23-21(14-28)16(11-13-26-23)6-5-12-27-24(29)30-15-22-19-9-3-1-7-17(19)18-8-2-4-10-20(18)22/h1-11,13-14,22H,12,15H2,(H,27,29). The minimum Gasteiger partial charge on any atom is -0.449 e. The number of aldehydes is 1. The largest absolute Gasteiger partial charge is 0.449 e. The van der Waals surface area contributed by atoms with Crippen LogP contribution in [0.4, 0.5) is 9.18 Å². The minimum absolute atomic E-state index is 0.00589. The maximum Gasteiger partial charge on any atom is 0.407 e. The van der Waals surface area contributed by atoms with Gasteiger partial charge in [0.15, 0.2) is 6.29 Å². The highest BCUT2D eigenvalue weighted by atomic mass is 19.1. The highest BCUT2D eigenvalue weighted by Gasteiger charge is 2.28. The molecule has 0 unspecified atom stereocenters. The molecule has 150 valence electrons. The van der Waals surface area contributed by atoms with Crippen molar-refractivity contribution < 1.29 is 18.7 Å². The fourth-order valence-corrected chi connectivity index (χ4v) is 3.70. The van der Waals surface area contributed by atoms with E-state index in [2.05, 4.69) is 34.6 Å². The number of carbonyl (C=O) groups excluding carboxylic acids is 2. The summed E-state index contributed by atoms with van der Waals surface area (Å²) in [7, 11) is 0. The van der Waals surface area contributed by atoms with Gasteiger partial charge in [-0.1, -0.05) is 60.7 Å². The molecule has 0 radical (unpaired) electrons. The summed E-state index contributed by atoms with van der Waals surface area (Å²) in [5.41, 5.74) is 4.91. The van der Waals surface area contributed by atoms with Crippen molar-refractivity contribution in [1.82, 2.24) is 10.3 Å². The molecule has 0 saturated carbocycles. The Balaban J connectivity index is 1.35. The monoisotopic (exact) mass is 402 g/mol. The molecule has 0 fully saturated rings. The number of fused-ring (bicyclic) bond motifs is 3. The molecule has 1 aliphatic carbocycles. The van der Waals surface area contributed by atoms with Gasteiger partial charge in [0.2, 0.25) is 5.95 Å². The number of rotatable bonds is 6. The first-order valence-corrected chi connectivity index (χ1v) is 9.54. The zero-order chi connectivity index (χ0) is 20.9. The van der Waals surface area contributed by atoms with Crippen LogP contribution in [0.2, 0.25) is 0 Å². The quantitative estimate of drug-likeness (QED) is 0.484. The molecule has 2 aromatic carbocycles. The summed E-state index contributed by atoms with van der Waals surface area (Å²) in [6.07, 6.45) is 4.32. The molecule has 5 nitrogen and oxygen atoms in total. The Morgan fingerprint density at radius 1 is 1.07 bits per heavy atom. The first-order chi connectivity index (χ1) is 14.7. The molecular weight excluding hydrogens is 383 g/mol. The predicted octanol–water partition coefficient (Wildman–Crippen LogP) is 4.59. The minimum atomic E-state index is -0.823. The number of halogens is 1. The Kier molecular flexibility index (Phi) is 5.66. The summed E-state index contributed by atoms with van der Waals surface area (Å²) >= 11 is 0. The van der Waals surface area contributed by atoms with Crippen LogP contribution in [0.1, 0.15) is 33.0 Å². The lowest BCUT2D eigenvalue weighted by Gasteiger charge is -2.14. The van der Waals surface area contributed by atoms with Gasteiger partial charge in [0.25, 0.3) is 0 Å². The van der Waals surface area contributed by atoms with Gasteiger partial charge in [-0.25, -0.2) is 9.78 Å². The Labute approximate surface area is 173 Å². The number of carbonyl (C=O) groups is 2. The molecule has 6 heteroatoms. The lowest BCUT2D eigenvalue weighted by atomic mass is 9.98. The van der Waals surface area contributed by atoms with Crippen molar-refractivity contribution in [3.05, 3.63) is 95.1 Å². The summed E-state index contributed by atoms with van der Waals surface area (Å²) in [6, 6.07) is 17.8. The van der Waals surface area contributed by atoms with Gasteiger partial charge in [0, 0.05) is 18.7 Å². The summed E-state index contributed by atoms with van der Waals surface area (Å²) in [5.74, 6) is -0.828. The first kappa shape index (κ1) is 19.5. The van der Waals surface area contributed by atoms with E-state index in [0.717, 1.165) is 11.1 Å². The summed E-state index contributed by atoms with van der Waals surface area (Å²) in [5, 5.41) is 2.63. The molecule has 1 N–H and O–H groups in total. The maximum absolute atomic E-state index is 13.5. The smallest absolute Gasteiger partial charge is 0.407 e. The van der Waals surface area contributed by atoms with E-state index in [0.29, 0.717) is 11.8 Å². The molecule has 1 amide bonds. The summed E-state index contributed by atoms with van der Waals surface area (Å²) in [6.45, 7) is 0.410. The van der Waals surface area contributed by atoms with Gasteiger partial charge < -0.3 is 10.1 Å². The van der Waals surface area contributed by atoms with E-state index < -0.39 is 12.0 Å². The van der Waals surface area contributed by atoms with Gasteiger partial charge in [-0.15, -0.1) is 0 Å². The van der Waals surface area contributed by atoms with E-state index in [1.807, 2.05) is 24.3 Å². The SMILES string of the molecule is O=Cc1c(C=CCNC(=O)OCC2c3ccccc3-c3ccccc32)ccnc1F. The number of aromatic nitrogens is 1. The fraction of sp³-hybridized carbons (Fsp3) is 0.125. The van der Waals surface area contributed by atoms with Crippen molar-refractivity contribution in [2.75, 3.05) is 13.2 Å². The maximum atomic E-state index is 13.5. The molecule has 0 bridgehead atoms. The molecule has 0 spiro atoms. The second kappa shape index (κ2) is 8.69. The van der Waals surface area contributed by atoms with Gasteiger partial charge in [0.05, 0.1) is 5.56 Å². The molecule has 0 atom stereocenters. The van der Waals surface area contributed by atoms with Crippen LogP contribution in [0, 0.1) is 5.95 Å². The predicted molar refractivity (Wildman–Crippen MR) is 112 cm³/mol. The number of nitrogens with one attached hydrogen (secondary N) is 1. The normalized spacial score (nSPS) is 12.4. The van der Waals surface area contributed by atoms with Crippen LogP contribution in [0.15, 0.2) is 66.9 Å².